The fraction of sp³-hybridized carbons (Fsp3) is 1.00. The average molecular weight is 72.0 g/mol. The molecule has 0 atom stereocenters. The molecule has 0 aliphatic rings. The van der Waals surface area contributed by atoms with Crippen LogP contribution in [0, 0.1) is 0 Å². The van der Waals surface area contributed by atoms with Crippen LogP contribution in [-0.4, -0.2) is 13.1 Å². The van der Waals surface area contributed by atoms with Gasteiger partial charge in [-0.15, -0.1) is 0 Å². The summed E-state index contributed by atoms with van der Waals surface area (Å²) < 4.78 is 0. The summed E-state index contributed by atoms with van der Waals surface area (Å²) in [7, 11) is 0. The molecule has 0 amide bonds. The van der Waals surface area contributed by atoms with Gasteiger partial charge < -0.3 is 11.5 Å². The van der Waals surface area contributed by atoms with E-state index in [0.717, 1.165) is 0 Å². The molecule has 0 saturated heterocycles. The Morgan fingerprint density at radius 2 is 1.00 bits per heavy atom. The summed E-state index contributed by atoms with van der Waals surface area (Å²) in [6.45, 7) is 0.472. The zero-order valence-electron chi connectivity index (χ0n) is 4.41. The topological polar surface area (TPSA) is 47.6 Å². The Balaban J connectivity index is -0.0000000450. The number of rotatable bonds is 1. The molecule has 0 heterocycles. The van der Waals surface area contributed by atoms with Crippen molar-refractivity contribution in [3.8, 4) is 0 Å². The van der Waals surface area contributed by atoms with E-state index in [0.29, 0.717) is 0 Å². The molecule has 6 heavy (non-hydrogen) atoms. The molecule has 0 aromatic heterocycles. The number of nitrogens with one attached hydrogen (secondary N) is 2. The summed E-state index contributed by atoms with van der Waals surface area (Å²) in [6, 6.07) is 0. The van der Waals surface area contributed by atoms with E-state index in [1.807, 2.05) is 0 Å². The van der Waals surface area contributed by atoms with Gasteiger partial charge in [0.1, 0.15) is 0 Å². The van der Waals surface area contributed by atoms with Crippen molar-refractivity contribution in [2.45, 2.75) is 0 Å². The summed E-state index contributed by atoms with van der Waals surface area (Å²) in [5, 5.41) is 0. The van der Waals surface area contributed by atoms with E-state index < -0.39 is 0 Å². The van der Waals surface area contributed by atoms with Gasteiger partial charge in [0.25, 0.3) is 0 Å². The zero-order chi connectivity index (χ0) is 3.41. The first-order chi connectivity index (χ1) is 1.91. The van der Waals surface area contributed by atoms with Crippen LogP contribution in [0.5, 0.6) is 0 Å². The average Bonchev–Trinajstić information content (AvgIpc) is 1.37. The second-order valence-corrected chi connectivity index (χ2v) is 0.500. The first kappa shape index (κ1) is 15.7. The maximum Gasteiger partial charge on any atom is 1.00 e. The maximum atomic E-state index is 6.26. The summed E-state index contributed by atoms with van der Waals surface area (Å²) in [6.07, 6.45) is 0. The Kier molecular flexibility index (Phi) is 43.2. The largest absolute Gasteiger partial charge is 1.00 e. The maximum absolute atomic E-state index is 6.26. The van der Waals surface area contributed by atoms with E-state index in [4.69, 9.17) is 11.5 Å². The summed E-state index contributed by atoms with van der Waals surface area (Å²) in [5.41, 5.74) is 12.5. The molecule has 0 bridgehead atoms. The third-order valence-electron chi connectivity index (χ3n) is 0.125. The molecular formula is C2H6Li2N2. The fourth-order valence-electron chi connectivity index (χ4n) is 0. The summed E-state index contributed by atoms with van der Waals surface area (Å²) in [4.78, 5) is 0. The van der Waals surface area contributed by atoms with Gasteiger partial charge in [-0.1, -0.05) is 0 Å². The molecule has 0 spiro atoms. The van der Waals surface area contributed by atoms with Crippen molar-refractivity contribution in [1.82, 2.24) is 0 Å². The molecule has 0 aromatic carbocycles. The molecule has 0 saturated carbocycles. The minimum absolute atomic E-state index is 0. The molecule has 2 N–H and O–H groups in total. The van der Waals surface area contributed by atoms with Crippen LogP contribution in [0.3, 0.4) is 0 Å². The van der Waals surface area contributed by atoms with Crippen molar-refractivity contribution in [2.75, 3.05) is 13.1 Å². The van der Waals surface area contributed by atoms with Crippen molar-refractivity contribution >= 4 is 0 Å². The Hall–Kier alpha value is 1.11. The van der Waals surface area contributed by atoms with Gasteiger partial charge in [0.2, 0.25) is 0 Å². The molecule has 26 valence electrons. The van der Waals surface area contributed by atoms with E-state index in [-0.39, 0.29) is 50.8 Å². The van der Waals surface area contributed by atoms with Crippen molar-refractivity contribution in [3.63, 3.8) is 0 Å². The Morgan fingerprint density at radius 1 is 0.833 bits per heavy atom. The van der Waals surface area contributed by atoms with Crippen LogP contribution in [0.4, 0.5) is 0 Å². The van der Waals surface area contributed by atoms with Crippen LogP contribution in [0.15, 0.2) is 0 Å². The molecule has 0 radical (unpaired) electrons. The van der Waals surface area contributed by atoms with E-state index in [1.165, 1.54) is 0 Å². The molecular weight excluding hydrogens is 65.9 g/mol. The van der Waals surface area contributed by atoms with Crippen LogP contribution < -0.4 is 37.7 Å². The van der Waals surface area contributed by atoms with Gasteiger partial charge in [-0.25, -0.2) is 0 Å². The Morgan fingerprint density at radius 3 is 1.00 bits per heavy atom. The molecule has 0 aliphatic heterocycles. The Labute approximate surface area is 62.4 Å². The van der Waals surface area contributed by atoms with E-state index >= 15 is 0 Å². The van der Waals surface area contributed by atoms with Crippen LogP contribution >= 0.6 is 0 Å². The van der Waals surface area contributed by atoms with Gasteiger partial charge in [0.15, 0.2) is 0 Å². The molecule has 4 heteroatoms. The monoisotopic (exact) mass is 72.1 g/mol. The van der Waals surface area contributed by atoms with E-state index in [1.54, 1.807) is 0 Å². The molecule has 0 aromatic rings. The summed E-state index contributed by atoms with van der Waals surface area (Å²) in [5.74, 6) is 0. The van der Waals surface area contributed by atoms with Crippen LogP contribution in [0.1, 0.15) is 0 Å². The first-order valence-electron chi connectivity index (χ1n) is 1.21. The third-order valence-corrected chi connectivity index (χ3v) is 0.125. The number of hydrogen-bond acceptors (Lipinski definition) is 0. The number of hydrogen-bond donors (Lipinski definition) is 0. The molecule has 0 rings (SSSR count). The minimum Gasteiger partial charge on any atom is -0.679 e. The van der Waals surface area contributed by atoms with Gasteiger partial charge >= 0.3 is 37.7 Å². The van der Waals surface area contributed by atoms with E-state index in [2.05, 4.69) is 0 Å². The SMILES string of the molecule is [Li+].[Li+].[NH-]CC[NH-]. The van der Waals surface area contributed by atoms with Crippen molar-refractivity contribution < 1.29 is 37.7 Å². The predicted octanol–water partition coefficient (Wildman–Crippen LogP) is -4.90. The fourth-order valence-corrected chi connectivity index (χ4v) is 0. The second-order valence-electron chi connectivity index (χ2n) is 0.500. The van der Waals surface area contributed by atoms with Gasteiger partial charge in [-0.05, 0) is 0 Å². The zero-order valence-corrected chi connectivity index (χ0v) is 4.41. The molecule has 0 unspecified atom stereocenters. The predicted molar refractivity (Wildman–Crippen MR) is 18.4 cm³/mol. The molecule has 0 aliphatic carbocycles. The Bertz CT molecular complexity index is 11.5. The normalized spacial score (nSPS) is 5.00. The molecule has 2 nitrogen and oxygen atoms in total. The van der Waals surface area contributed by atoms with Crippen molar-refractivity contribution in [1.29, 1.82) is 0 Å². The smallest absolute Gasteiger partial charge is 0.679 e. The van der Waals surface area contributed by atoms with Gasteiger partial charge in [0, 0.05) is 0 Å². The van der Waals surface area contributed by atoms with E-state index in [9.17, 15) is 0 Å². The minimum atomic E-state index is 0. The van der Waals surface area contributed by atoms with Crippen LogP contribution in [-0.2, 0) is 0 Å². The quantitative estimate of drug-likeness (QED) is 0.279. The van der Waals surface area contributed by atoms with Gasteiger partial charge in [0.05, 0.1) is 0 Å². The van der Waals surface area contributed by atoms with Crippen molar-refractivity contribution in [3.05, 3.63) is 11.5 Å². The molecule has 0 fully saturated rings. The van der Waals surface area contributed by atoms with Crippen molar-refractivity contribution in [2.24, 2.45) is 0 Å². The standard InChI is InChI=1S/C2H6N2.2Li/c3-1-2-4;;/h3-4H,1-2H2;;/q-2;2*+1. The van der Waals surface area contributed by atoms with Gasteiger partial charge in [-0.3, -0.25) is 0 Å². The van der Waals surface area contributed by atoms with Crippen LogP contribution in [0.2, 0.25) is 0 Å². The third kappa shape index (κ3) is 19.4. The van der Waals surface area contributed by atoms with Crippen LogP contribution in [0.25, 0.3) is 11.5 Å². The first-order valence-corrected chi connectivity index (χ1v) is 1.21. The van der Waals surface area contributed by atoms with Gasteiger partial charge in [-0.2, -0.15) is 13.1 Å². The second kappa shape index (κ2) is 16.5. The summed E-state index contributed by atoms with van der Waals surface area (Å²) >= 11 is 0.